The quantitative estimate of drug-likeness (QED) is 0.743. The van der Waals surface area contributed by atoms with Crippen molar-refractivity contribution in [1.29, 1.82) is 0 Å². The standard InChI is InChI=1S/C19H28N4O2/c1-22-17(24)14-16(18(22)15-6-3-2-4-7-15)19(25)21-8-5-11-23-12-9-20-10-13-23/h2-4,6-7,16,18,20H,5,8-14H2,1H3,(H,21,25). The number of nitrogens with one attached hydrogen (secondary N) is 2. The molecular weight excluding hydrogens is 316 g/mol. The minimum absolute atomic E-state index is 0.00753. The van der Waals surface area contributed by atoms with E-state index in [1.165, 1.54) is 0 Å². The molecule has 0 bridgehead atoms. The van der Waals surface area contributed by atoms with Crippen molar-refractivity contribution >= 4 is 11.8 Å². The second-order valence-corrected chi connectivity index (χ2v) is 6.91. The first-order valence-electron chi connectivity index (χ1n) is 9.18. The Labute approximate surface area is 149 Å². The van der Waals surface area contributed by atoms with Crippen LogP contribution in [0, 0.1) is 5.92 Å². The van der Waals surface area contributed by atoms with Crippen LogP contribution in [0.15, 0.2) is 30.3 Å². The van der Waals surface area contributed by atoms with E-state index in [0.717, 1.165) is 44.7 Å². The first kappa shape index (κ1) is 17.9. The van der Waals surface area contributed by atoms with Gasteiger partial charge in [-0.15, -0.1) is 0 Å². The maximum absolute atomic E-state index is 12.7. The number of hydrogen-bond donors (Lipinski definition) is 2. The first-order chi connectivity index (χ1) is 12.2. The zero-order valence-electron chi connectivity index (χ0n) is 14.9. The molecule has 2 amide bonds. The highest BCUT2D eigenvalue weighted by atomic mass is 16.2. The molecule has 2 heterocycles. The summed E-state index contributed by atoms with van der Waals surface area (Å²) in [6, 6.07) is 9.67. The lowest BCUT2D eigenvalue weighted by Gasteiger charge is -2.27. The number of nitrogens with zero attached hydrogens (tertiary/aromatic N) is 2. The molecule has 0 aliphatic carbocycles. The van der Waals surface area contributed by atoms with Gasteiger partial charge < -0.3 is 20.4 Å². The Morgan fingerprint density at radius 3 is 2.68 bits per heavy atom. The summed E-state index contributed by atoms with van der Waals surface area (Å²) in [5, 5.41) is 6.39. The summed E-state index contributed by atoms with van der Waals surface area (Å²) in [6.07, 6.45) is 1.23. The van der Waals surface area contributed by atoms with E-state index in [0.29, 0.717) is 13.0 Å². The topological polar surface area (TPSA) is 64.7 Å². The van der Waals surface area contributed by atoms with Crippen molar-refractivity contribution in [2.75, 3.05) is 46.3 Å². The molecular formula is C19H28N4O2. The highest BCUT2D eigenvalue weighted by Crippen LogP contribution is 2.36. The molecule has 1 aromatic carbocycles. The van der Waals surface area contributed by atoms with Crippen LogP contribution < -0.4 is 10.6 Å². The molecule has 2 unspecified atom stereocenters. The van der Waals surface area contributed by atoms with Crippen LogP contribution in [-0.2, 0) is 9.59 Å². The molecule has 0 spiro atoms. The fourth-order valence-corrected chi connectivity index (χ4v) is 3.79. The van der Waals surface area contributed by atoms with Crippen molar-refractivity contribution < 1.29 is 9.59 Å². The average Bonchev–Trinajstić information content (AvgIpc) is 2.95. The number of benzene rings is 1. The molecule has 2 atom stereocenters. The molecule has 0 saturated carbocycles. The van der Waals surface area contributed by atoms with Crippen molar-refractivity contribution in [3.63, 3.8) is 0 Å². The number of carbonyl (C=O) groups excluding carboxylic acids is 2. The Kier molecular flexibility index (Phi) is 6.04. The van der Waals surface area contributed by atoms with Crippen LogP contribution in [0.2, 0.25) is 0 Å². The van der Waals surface area contributed by atoms with E-state index in [1.807, 2.05) is 30.3 Å². The van der Waals surface area contributed by atoms with Gasteiger partial charge in [-0.25, -0.2) is 0 Å². The lowest BCUT2D eigenvalue weighted by Crippen LogP contribution is -2.44. The average molecular weight is 344 g/mol. The minimum atomic E-state index is -0.306. The van der Waals surface area contributed by atoms with Gasteiger partial charge in [0.05, 0.1) is 12.0 Å². The van der Waals surface area contributed by atoms with E-state index in [4.69, 9.17) is 0 Å². The first-order valence-corrected chi connectivity index (χ1v) is 9.18. The highest BCUT2D eigenvalue weighted by molar-refractivity contribution is 5.90. The summed E-state index contributed by atoms with van der Waals surface area (Å²) >= 11 is 0. The molecule has 6 heteroatoms. The molecule has 136 valence electrons. The summed E-state index contributed by atoms with van der Waals surface area (Å²) in [7, 11) is 1.79. The third-order valence-corrected chi connectivity index (χ3v) is 5.22. The van der Waals surface area contributed by atoms with E-state index in [-0.39, 0.29) is 23.8 Å². The zero-order chi connectivity index (χ0) is 17.6. The fraction of sp³-hybridized carbons (Fsp3) is 0.579. The minimum Gasteiger partial charge on any atom is -0.356 e. The van der Waals surface area contributed by atoms with Crippen molar-refractivity contribution in [2.24, 2.45) is 5.92 Å². The van der Waals surface area contributed by atoms with Crippen LogP contribution in [-0.4, -0.2) is 67.9 Å². The summed E-state index contributed by atoms with van der Waals surface area (Å²) < 4.78 is 0. The second-order valence-electron chi connectivity index (χ2n) is 6.91. The van der Waals surface area contributed by atoms with Gasteiger partial charge in [-0.05, 0) is 18.5 Å². The molecule has 2 aliphatic heterocycles. The summed E-state index contributed by atoms with van der Waals surface area (Å²) in [4.78, 5) is 28.9. The van der Waals surface area contributed by atoms with Crippen LogP contribution in [0.1, 0.15) is 24.4 Å². The molecule has 1 aromatic rings. The summed E-state index contributed by atoms with van der Waals surface area (Å²) in [6.45, 7) is 5.91. The van der Waals surface area contributed by atoms with E-state index in [2.05, 4.69) is 15.5 Å². The third-order valence-electron chi connectivity index (χ3n) is 5.22. The van der Waals surface area contributed by atoms with Crippen LogP contribution >= 0.6 is 0 Å². The lowest BCUT2D eigenvalue weighted by atomic mass is 9.93. The predicted molar refractivity (Wildman–Crippen MR) is 97.0 cm³/mol. The fourth-order valence-electron chi connectivity index (χ4n) is 3.79. The third kappa shape index (κ3) is 4.38. The molecule has 2 N–H and O–H groups in total. The van der Waals surface area contributed by atoms with Crippen LogP contribution in [0.5, 0.6) is 0 Å². The monoisotopic (exact) mass is 344 g/mol. The van der Waals surface area contributed by atoms with Crippen molar-refractivity contribution in [3.05, 3.63) is 35.9 Å². The van der Waals surface area contributed by atoms with Crippen molar-refractivity contribution in [2.45, 2.75) is 18.9 Å². The van der Waals surface area contributed by atoms with Gasteiger partial charge in [0.15, 0.2) is 0 Å². The molecule has 2 saturated heterocycles. The molecule has 6 nitrogen and oxygen atoms in total. The van der Waals surface area contributed by atoms with Crippen LogP contribution in [0.25, 0.3) is 0 Å². The Hall–Kier alpha value is -1.92. The van der Waals surface area contributed by atoms with Gasteiger partial charge in [-0.1, -0.05) is 30.3 Å². The normalized spacial score (nSPS) is 24.5. The van der Waals surface area contributed by atoms with Crippen molar-refractivity contribution in [3.8, 4) is 0 Å². The van der Waals surface area contributed by atoms with Gasteiger partial charge in [-0.2, -0.15) is 0 Å². The number of likely N-dealkylation sites (tertiary alicyclic amines) is 1. The highest BCUT2D eigenvalue weighted by Gasteiger charge is 2.42. The Bertz CT molecular complexity index is 586. The van der Waals surface area contributed by atoms with Gasteiger partial charge in [0.1, 0.15) is 0 Å². The molecule has 3 rings (SSSR count). The van der Waals surface area contributed by atoms with Gasteiger partial charge in [0.25, 0.3) is 0 Å². The van der Waals surface area contributed by atoms with E-state index < -0.39 is 0 Å². The van der Waals surface area contributed by atoms with Gasteiger partial charge in [-0.3, -0.25) is 9.59 Å². The maximum atomic E-state index is 12.7. The Morgan fingerprint density at radius 2 is 1.96 bits per heavy atom. The number of piperazine rings is 1. The lowest BCUT2D eigenvalue weighted by molar-refractivity contribution is -0.128. The molecule has 0 radical (unpaired) electrons. The number of amides is 2. The number of rotatable bonds is 6. The summed E-state index contributed by atoms with van der Waals surface area (Å²) in [5.41, 5.74) is 1.02. The van der Waals surface area contributed by atoms with E-state index >= 15 is 0 Å². The zero-order valence-corrected chi connectivity index (χ0v) is 14.9. The van der Waals surface area contributed by atoms with Crippen molar-refractivity contribution in [1.82, 2.24) is 20.4 Å². The second kappa shape index (κ2) is 8.45. The number of hydrogen-bond acceptors (Lipinski definition) is 4. The summed E-state index contributed by atoms with van der Waals surface area (Å²) in [5.74, 6) is -0.277. The Morgan fingerprint density at radius 1 is 1.24 bits per heavy atom. The molecule has 2 fully saturated rings. The van der Waals surface area contributed by atoms with E-state index in [1.54, 1.807) is 11.9 Å². The van der Waals surface area contributed by atoms with Gasteiger partial charge in [0, 0.05) is 46.2 Å². The van der Waals surface area contributed by atoms with Gasteiger partial charge in [0.2, 0.25) is 11.8 Å². The molecule has 25 heavy (non-hydrogen) atoms. The molecule has 0 aromatic heterocycles. The maximum Gasteiger partial charge on any atom is 0.226 e. The number of carbonyl (C=O) groups is 2. The smallest absolute Gasteiger partial charge is 0.226 e. The van der Waals surface area contributed by atoms with Crippen LogP contribution in [0.3, 0.4) is 0 Å². The SMILES string of the molecule is CN1C(=O)CC(C(=O)NCCCN2CCNCC2)C1c1ccccc1. The van der Waals surface area contributed by atoms with Gasteiger partial charge >= 0.3 is 0 Å². The predicted octanol–water partition coefficient (Wildman–Crippen LogP) is 0.618. The van der Waals surface area contributed by atoms with E-state index in [9.17, 15) is 9.59 Å². The largest absolute Gasteiger partial charge is 0.356 e. The molecule has 2 aliphatic rings. The van der Waals surface area contributed by atoms with Crippen LogP contribution in [0.4, 0.5) is 0 Å². The Balaban J connectivity index is 1.52.